The highest BCUT2D eigenvalue weighted by molar-refractivity contribution is 7.15. The number of hydrogen-bond donors (Lipinski definition) is 1. The molecule has 8 heteroatoms. The molecule has 3 fully saturated rings. The van der Waals surface area contributed by atoms with Crippen LogP contribution in [0.15, 0.2) is 5.38 Å². The third-order valence-electron chi connectivity index (χ3n) is 5.80. The zero-order valence-corrected chi connectivity index (χ0v) is 16.7. The van der Waals surface area contributed by atoms with Gasteiger partial charge in [0.1, 0.15) is 11.5 Å². The summed E-state index contributed by atoms with van der Waals surface area (Å²) in [6, 6.07) is 0. The molecular formula is C20H24N2O5S. The summed E-state index contributed by atoms with van der Waals surface area (Å²) in [7, 11) is 0. The minimum Gasteiger partial charge on any atom is -0.462 e. The number of ether oxygens (including phenoxy) is 1. The Morgan fingerprint density at radius 2 is 1.79 bits per heavy atom. The monoisotopic (exact) mass is 404 g/mol. The number of esters is 1. The maximum absolute atomic E-state index is 12.6. The number of carbonyl (C=O) groups is 4. The summed E-state index contributed by atoms with van der Waals surface area (Å²) in [6.07, 6.45) is 5.38. The fraction of sp³-hybridized carbons (Fsp3) is 0.600. The van der Waals surface area contributed by atoms with Gasteiger partial charge in [-0.3, -0.25) is 19.3 Å². The Labute approximate surface area is 167 Å². The number of thiophene rings is 1. The van der Waals surface area contributed by atoms with Crippen molar-refractivity contribution in [2.45, 2.75) is 51.4 Å². The minimum atomic E-state index is -0.463. The number of fused-ring (bicyclic) bond motifs is 1. The van der Waals surface area contributed by atoms with Crippen molar-refractivity contribution in [2.24, 2.45) is 11.8 Å². The first-order valence-electron chi connectivity index (χ1n) is 9.94. The molecule has 2 saturated carbocycles. The second-order valence-electron chi connectivity index (χ2n) is 7.70. The Bertz CT molecular complexity index is 805. The lowest BCUT2D eigenvalue weighted by atomic mass is 9.81. The predicted molar refractivity (Wildman–Crippen MR) is 103 cm³/mol. The van der Waals surface area contributed by atoms with Crippen LogP contribution < -0.4 is 5.32 Å². The molecule has 3 aliphatic rings. The van der Waals surface area contributed by atoms with Crippen LogP contribution in [0.4, 0.5) is 5.00 Å². The van der Waals surface area contributed by atoms with Crippen molar-refractivity contribution in [3.05, 3.63) is 16.5 Å². The first kappa shape index (κ1) is 19.1. The number of nitrogens with one attached hydrogen (secondary N) is 1. The third-order valence-corrected chi connectivity index (χ3v) is 6.72. The quantitative estimate of drug-likeness (QED) is 0.581. The second-order valence-corrected chi connectivity index (χ2v) is 8.58. The molecule has 0 spiro atoms. The summed E-state index contributed by atoms with van der Waals surface area (Å²) < 4.78 is 5.16. The van der Waals surface area contributed by atoms with Crippen LogP contribution in [0.2, 0.25) is 0 Å². The molecule has 4 rings (SSSR count). The molecule has 7 nitrogen and oxygen atoms in total. The Balaban J connectivity index is 1.48. The number of carbonyl (C=O) groups excluding carboxylic acids is 4. The van der Waals surface area contributed by atoms with Crippen LogP contribution >= 0.6 is 11.3 Å². The molecule has 28 heavy (non-hydrogen) atoms. The standard InChI is InChI=1S/C20H24N2O5S/c1-2-27-20(26)16-14(11-7-8-11)10-28-17(16)21-15(23)9-22-18(24)12-5-3-4-6-13(12)19(22)25/h10-13H,2-9H2,1H3,(H,21,23)/t12-,13-/m1/s1. The topological polar surface area (TPSA) is 92.8 Å². The molecule has 2 heterocycles. The molecule has 1 aromatic rings. The number of nitrogens with zero attached hydrogens (tertiary/aromatic N) is 1. The summed E-state index contributed by atoms with van der Waals surface area (Å²) in [4.78, 5) is 51.2. The van der Waals surface area contributed by atoms with Gasteiger partial charge in [0.15, 0.2) is 0 Å². The van der Waals surface area contributed by atoms with E-state index in [1.54, 1.807) is 6.92 Å². The molecule has 1 N–H and O–H groups in total. The largest absolute Gasteiger partial charge is 0.462 e. The van der Waals surface area contributed by atoms with E-state index < -0.39 is 11.9 Å². The van der Waals surface area contributed by atoms with E-state index in [1.165, 1.54) is 11.3 Å². The highest BCUT2D eigenvalue weighted by Crippen LogP contribution is 2.46. The van der Waals surface area contributed by atoms with Crippen molar-refractivity contribution in [3.63, 3.8) is 0 Å². The zero-order chi connectivity index (χ0) is 19.8. The van der Waals surface area contributed by atoms with Gasteiger partial charge in [0.25, 0.3) is 0 Å². The van der Waals surface area contributed by atoms with E-state index in [9.17, 15) is 19.2 Å². The predicted octanol–water partition coefficient (Wildman–Crippen LogP) is 2.92. The zero-order valence-electron chi connectivity index (χ0n) is 15.9. The normalized spacial score (nSPS) is 24.2. The molecule has 150 valence electrons. The maximum Gasteiger partial charge on any atom is 0.341 e. The molecule has 2 aliphatic carbocycles. The first-order chi connectivity index (χ1) is 13.5. The van der Waals surface area contributed by atoms with E-state index in [0.717, 1.165) is 49.0 Å². The molecule has 1 aliphatic heterocycles. The summed E-state index contributed by atoms with van der Waals surface area (Å²) in [6.45, 7) is 1.69. The molecule has 0 unspecified atom stereocenters. The smallest absolute Gasteiger partial charge is 0.341 e. The van der Waals surface area contributed by atoms with E-state index in [1.807, 2.05) is 5.38 Å². The van der Waals surface area contributed by atoms with Gasteiger partial charge in [-0.25, -0.2) is 4.79 Å². The van der Waals surface area contributed by atoms with Gasteiger partial charge < -0.3 is 10.1 Å². The lowest BCUT2D eigenvalue weighted by Gasteiger charge is -2.19. The summed E-state index contributed by atoms with van der Waals surface area (Å²) in [5.41, 5.74) is 1.33. The summed E-state index contributed by atoms with van der Waals surface area (Å²) >= 11 is 1.29. The first-order valence-corrected chi connectivity index (χ1v) is 10.8. The highest BCUT2D eigenvalue weighted by Gasteiger charge is 2.48. The molecule has 3 amide bonds. The van der Waals surface area contributed by atoms with E-state index in [2.05, 4.69) is 5.32 Å². The van der Waals surface area contributed by atoms with E-state index >= 15 is 0 Å². The lowest BCUT2D eigenvalue weighted by molar-refractivity contribution is -0.142. The van der Waals surface area contributed by atoms with Crippen molar-refractivity contribution in [1.29, 1.82) is 0 Å². The van der Waals surface area contributed by atoms with Crippen LogP contribution in [-0.2, 0) is 19.1 Å². The average Bonchev–Trinajstić information content (AvgIpc) is 3.41. The number of rotatable bonds is 6. The van der Waals surface area contributed by atoms with Crippen molar-refractivity contribution >= 4 is 40.0 Å². The minimum absolute atomic E-state index is 0.236. The van der Waals surface area contributed by atoms with Crippen LogP contribution in [0.25, 0.3) is 0 Å². The number of anilines is 1. The number of likely N-dealkylation sites (tertiary alicyclic amines) is 1. The van der Waals surface area contributed by atoms with Crippen molar-refractivity contribution in [2.75, 3.05) is 18.5 Å². The number of amides is 3. The molecular weight excluding hydrogens is 380 g/mol. The fourth-order valence-electron chi connectivity index (χ4n) is 4.27. The molecule has 1 saturated heterocycles. The van der Waals surface area contributed by atoms with Crippen molar-refractivity contribution in [3.8, 4) is 0 Å². The van der Waals surface area contributed by atoms with E-state index in [0.29, 0.717) is 16.5 Å². The van der Waals surface area contributed by atoms with Crippen molar-refractivity contribution < 1.29 is 23.9 Å². The van der Waals surface area contributed by atoms with Gasteiger partial charge in [-0.1, -0.05) is 12.8 Å². The van der Waals surface area contributed by atoms with Gasteiger partial charge in [-0.2, -0.15) is 0 Å². The van der Waals surface area contributed by atoms with Crippen LogP contribution in [0, 0.1) is 11.8 Å². The molecule has 0 aromatic carbocycles. The van der Waals surface area contributed by atoms with E-state index in [4.69, 9.17) is 4.74 Å². The van der Waals surface area contributed by atoms with Gasteiger partial charge in [0.2, 0.25) is 17.7 Å². The van der Waals surface area contributed by atoms with Gasteiger partial charge in [0.05, 0.1) is 24.0 Å². The van der Waals surface area contributed by atoms with Gasteiger partial charge in [-0.05, 0) is 49.5 Å². The Hall–Kier alpha value is -2.22. The van der Waals surface area contributed by atoms with Gasteiger partial charge >= 0.3 is 5.97 Å². The molecule has 0 radical (unpaired) electrons. The van der Waals surface area contributed by atoms with E-state index in [-0.39, 0.29) is 36.8 Å². The molecule has 1 aromatic heterocycles. The van der Waals surface area contributed by atoms with Crippen molar-refractivity contribution in [1.82, 2.24) is 4.90 Å². The average molecular weight is 404 g/mol. The van der Waals surface area contributed by atoms with Gasteiger partial charge in [-0.15, -0.1) is 11.3 Å². The maximum atomic E-state index is 12.6. The summed E-state index contributed by atoms with van der Waals surface area (Å²) in [5, 5.41) is 5.06. The van der Waals surface area contributed by atoms with Gasteiger partial charge in [0, 0.05) is 0 Å². The Morgan fingerprint density at radius 1 is 1.14 bits per heavy atom. The summed E-state index contributed by atoms with van der Waals surface area (Å²) in [5.74, 6) is -1.58. The number of hydrogen-bond acceptors (Lipinski definition) is 6. The second kappa shape index (κ2) is 7.66. The Kier molecular flexibility index (Phi) is 5.23. The van der Waals surface area contributed by atoms with Crippen LogP contribution in [0.3, 0.4) is 0 Å². The van der Waals surface area contributed by atoms with Crippen LogP contribution in [0.1, 0.15) is 67.3 Å². The SMILES string of the molecule is CCOC(=O)c1c(C2CC2)csc1NC(=O)CN1C(=O)[C@@H]2CCCC[C@H]2C1=O. The fourth-order valence-corrected chi connectivity index (χ4v) is 5.32. The van der Waals surface area contributed by atoms with Crippen LogP contribution in [-0.4, -0.2) is 41.7 Å². The van der Waals surface area contributed by atoms with Crippen LogP contribution in [0.5, 0.6) is 0 Å². The molecule has 0 bridgehead atoms. The molecule has 2 atom stereocenters. The number of imide groups is 1. The third kappa shape index (κ3) is 3.45. The highest BCUT2D eigenvalue weighted by atomic mass is 32.1. The Morgan fingerprint density at radius 3 is 2.36 bits per heavy atom. The lowest BCUT2D eigenvalue weighted by Crippen LogP contribution is -2.38.